The van der Waals surface area contributed by atoms with Crippen LogP contribution in [0.4, 0.5) is 10.5 Å². The minimum absolute atomic E-state index is 0.0940. The van der Waals surface area contributed by atoms with E-state index in [1.165, 1.54) is 32.1 Å². The van der Waals surface area contributed by atoms with E-state index in [4.69, 9.17) is 11.6 Å². The number of hydrogen-bond acceptors (Lipinski definition) is 2. The van der Waals surface area contributed by atoms with Gasteiger partial charge in [0.25, 0.3) is 0 Å². The van der Waals surface area contributed by atoms with Crippen LogP contribution >= 0.6 is 11.6 Å². The number of rotatable bonds is 4. The van der Waals surface area contributed by atoms with Crippen LogP contribution in [-0.4, -0.2) is 43.7 Å². The Balaban J connectivity index is 1.38. The quantitative estimate of drug-likeness (QED) is 0.886. The number of amides is 2. The van der Waals surface area contributed by atoms with Crippen LogP contribution in [0.5, 0.6) is 0 Å². The maximum atomic E-state index is 12.3. The highest BCUT2D eigenvalue weighted by molar-refractivity contribution is 6.30. The Morgan fingerprint density at radius 3 is 2.58 bits per heavy atom. The number of anilines is 1. The molecule has 1 aromatic rings. The molecule has 0 atom stereocenters. The normalized spacial score (nSPS) is 19.4. The molecule has 1 heterocycles. The first-order valence-electron chi connectivity index (χ1n) is 9.25. The highest BCUT2D eigenvalue weighted by Crippen LogP contribution is 2.25. The van der Waals surface area contributed by atoms with Gasteiger partial charge >= 0.3 is 6.03 Å². The van der Waals surface area contributed by atoms with Crippen molar-refractivity contribution in [3.63, 3.8) is 0 Å². The van der Waals surface area contributed by atoms with E-state index in [2.05, 4.69) is 16.3 Å². The molecule has 2 fully saturated rings. The second-order valence-corrected chi connectivity index (χ2v) is 7.42. The first-order valence-corrected chi connectivity index (χ1v) is 9.63. The van der Waals surface area contributed by atoms with Crippen LogP contribution in [0.1, 0.15) is 38.5 Å². The molecule has 0 unspecified atom stereocenters. The number of carbonyl (C=O) groups excluding carboxylic acids is 1. The van der Waals surface area contributed by atoms with E-state index in [0.29, 0.717) is 0 Å². The second kappa shape index (κ2) is 8.61. The molecule has 5 heteroatoms. The summed E-state index contributed by atoms with van der Waals surface area (Å²) in [5, 5.41) is 3.87. The van der Waals surface area contributed by atoms with E-state index in [-0.39, 0.29) is 6.03 Å². The molecule has 24 heavy (non-hydrogen) atoms. The summed E-state index contributed by atoms with van der Waals surface area (Å²) in [5.41, 5.74) is 1.14. The molecule has 0 aromatic heterocycles. The van der Waals surface area contributed by atoms with E-state index in [9.17, 15) is 4.79 Å². The molecule has 4 nitrogen and oxygen atoms in total. The molecule has 1 aliphatic heterocycles. The monoisotopic (exact) mass is 349 g/mol. The van der Waals surface area contributed by atoms with E-state index in [1.54, 1.807) is 0 Å². The van der Waals surface area contributed by atoms with Crippen molar-refractivity contribution in [1.82, 2.24) is 10.2 Å². The predicted molar refractivity (Wildman–Crippen MR) is 99.8 cm³/mol. The van der Waals surface area contributed by atoms with Crippen molar-refractivity contribution in [2.75, 3.05) is 37.6 Å². The number of piperazine rings is 1. The summed E-state index contributed by atoms with van der Waals surface area (Å²) in [5.74, 6) is 0.818. The molecule has 0 radical (unpaired) electrons. The van der Waals surface area contributed by atoms with Crippen LogP contribution in [0.25, 0.3) is 0 Å². The van der Waals surface area contributed by atoms with E-state index < -0.39 is 0 Å². The summed E-state index contributed by atoms with van der Waals surface area (Å²) in [6, 6.07) is 8.02. The van der Waals surface area contributed by atoms with Gasteiger partial charge in [0.15, 0.2) is 0 Å². The molecule has 1 saturated heterocycles. The van der Waals surface area contributed by atoms with Gasteiger partial charge in [-0.05, 0) is 30.5 Å². The van der Waals surface area contributed by atoms with E-state index >= 15 is 0 Å². The standard InChI is InChI=1S/C19H28ClN3O/c20-17-7-4-8-18(15-17)22-11-13-23(14-12-22)19(24)21-10-9-16-5-2-1-3-6-16/h4,7-8,15-16H,1-3,5-6,9-14H2,(H,21,24). The lowest BCUT2D eigenvalue weighted by atomic mass is 9.87. The average Bonchev–Trinajstić information content (AvgIpc) is 2.63. The van der Waals surface area contributed by atoms with Crippen LogP contribution < -0.4 is 10.2 Å². The van der Waals surface area contributed by atoms with Crippen molar-refractivity contribution >= 4 is 23.3 Å². The van der Waals surface area contributed by atoms with Gasteiger partial charge in [0.2, 0.25) is 0 Å². The number of carbonyl (C=O) groups is 1. The van der Waals surface area contributed by atoms with Crippen LogP contribution in [-0.2, 0) is 0 Å². The topological polar surface area (TPSA) is 35.6 Å². The first kappa shape index (κ1) is 17.4. The van der Waals surface area contributed by atoms with Crippen molar-refractivity contribution in [2.45, 2.75) is 38.5 Å². The van der Waals surface area contributed by atoms with Gasteiger partial charge in [0.1, 0.15) is 0 Å². The van der Waals surface area contributed by atoms with Crippen molar-refractivity contribution in [2.24, 2.45) is 5.92 Å². The van der Waals surface area contributed by atoms with Crippen LogP contribution in [0.3, 0.4) is 0 Å². The number of urea groups is 1. The zero-order valence-corrected chi connectivity index (χ0v) is 15.1. The zero-order valence-electron chi connectivity index (χ0n) is 14.3. The lowest BCUT2D eigenvalue weighted by Gasteiger charge is -2.36. The third kappa shape index (κ3) is 4.79. The average molecular weight is 350 g/mol. The first-order chi connectivity index (χ1) is 11.7. The van der Waals surface area contributed by atoms with Gasteiger partial charge in [-0.2, -0.15) is 0 Å². The Kier molecular flexibility index (Phi) is 6.24. The fourth-order valence-electron chi connectivity index (χ4n) is 3.81. The number of benzene rings is 1. The van der Waals surface area contributed by atoms with Gasteiger partial charge < -0.3 is 15.1 Å². The molecule has 1 aliphatic carbocycles. The lowest BCUT2D eigenvalue weighted by molar-refractivity contribution is 0.193. The molecular weight excluding hydrogens is 322 g/mol. The zero-order chi connectivity index (χ0) is 16.8. The van der Waals surface area contributed by atoms with Gasteiger partial charge in [-0.25, -0.2) is 4.79 Å². The number of hydrogen-bond donors (Lipinski definition) is 1. The highest BCUT2D eigenvalue weighted by Gasteiger charge is 2.21. The van der Waals surface area contributed by atoms with Crippen LogP contribution in [0.15, 0.2) is 24.3 Å². The largest absolute Gasteiger partial charge is 0.368 e. The summed E-state index contributed by atoms with van der Waals surface area (Å²) in [4.78, 5) is 16.5. The fourth-order valence-corrected chi connectivity index (χ4v) is 4.00. The molecular formula is C19H28ClN3O. The third-order valence-corrected chi connectivity index (χ3v) is 5.53. The summed E-state index contributed by atoms with van der Waals surface area (Å²) >= 11 is 6.06. The Morgan fingerprint density at radius 2 is 1.88 bits per heavy atom. The Bertz CT molecular complexity index is 537. The fraction of sp³-hybridized carbons (Fsp3) is 0.632. The molecule has 1 N–H and O–H groups in total. The van der Waals surface area contributed by atoms with Crippen LogP contribution in [0.2, 0.25) is 5.02 Å². The van der Waals surface area contributed by atoms with Crippen molar-refractivity contribution in [3.8, 4) is 0 Å². The predicted octanol–water partition coefficient (Wildman–Crippen LogP) is 4.14. The van der Waals surface area contributed by atoms with Crippen LogP contribution in [0, 0.1) is 5.92 Å². The van der Waals surface area contributed by atoms with Crippen molar-refractivity contribution in [3.05, 3.63) is 29.3 Å². The van der Waals surface area contributed by atoms with Gasteiger partial charge in [0.05, 0.1) is 0 Å². The summed E-state index contributed by atoms with van der Waals surface area (Å²) in [6.07, 6.45) is 7.94. The van der Waals surface area contributed by atoms with Gasteiger partial charge in [-0.1, -0.05) is 49.8 Å². The maximum absolute atomic E-state index is 12.3. The molecule has 0 bridgehead atoms. The van der Waals surface area contributed by atoms with Gasteiger partial charge in [0, 0.05) is 43.4 Å². The Labute approximate surface area is 150 Å². The Morgan fingerprint density at radius 1 is 1.12 bits per heavy atom. The summed E-state index contributed by atoms with van der Waals surface area (Å²) in [7, 11) is 0. The van der Waals surface area contributed by atoms with E-state index in [0.717, 1.165) is 55.8 Å². The molecule has 2 aliphatic rings. The van der Waals surface area contributed by atoms with Crippen molar-refractivity contribution < 1.29 is 4.79 Å². The number of nitrogens with one attached hydrogen (secondary N) is 1. The molecule has 1 saturated carbocycles. The number of halogens is 1. The summed E-state index contributed by atoms with van der Waals surface area (Å²) in [6.45, 7) is 4.06. The van der Waals surface area contributed by atoms with Gasteiger partial charge in [-0.3, -0.25) is 0 Å². The van der Waals surface area contributed by atoms with E-state index in [1.807, 2.05) is 23.1 Å². The smallest absolute Gasteiger partial charge is 0.317 e. The molecule has 3 rings (SSSR count). The summed E-state index contributed by atoms with van der Waals surface area (Å²) < 4.78 is 0. The third-order valence-electron chi connectivity index (χ3n) is 5.29. The van der Waals surface area contributed by atoms with Gasteiger partial charge in [-0.15, -0.1) is 0 Å². The molecule has 0 spiro atoms. The Hall–Kier alpha value is -1.42. The molecule has 2 amide bonds. The second-order valence-electron chi connectivity index (χ2n) is 6.98. The molecule has 1 aromatic carbocycles. The highest BCUT2D eigenvalue weighted by atomic mass is 35.5. The molecule has 132 valence electrons. The minimum Gasteiger partial charge on any atom is -0.368 e. The number of nitrogens with zero attached hydrogens (tertiary/aromatic N) is 2. The minimum atomic E-state index is 0.0940. The SMILES string of the molecule is O=C(NCCC1CCCCC1)N1CCN(c2cccc(Cl)c2)CC1. The van der Waals surface area contributed by atoms with Crippen molar-refractivity contribution in [1.29, 1.82) is 0 Å². The maximum Gasteiger partial charge on any atom is 0.317 e. The lowest BCUT2D eigenvalue weighted by Crippen LogP contribution is -2.52.